The van der Waals surface area contributed by atoms with Gasteiger partial charge in [-0.3, -0.25) is 9.78 Å². The van der Waals surface area contributed by atoms with Crippen LogP contribution in [0.3, 0.4) is 0 Å². The molecule has 0 spiro atoms. The molecule has 3 aromatic rings. The molecule has 0 atom stereocenters. The number of nitrogens with two attached hydrogens (primary N) is 1. The molecule has 5 nitrogen and oxygen atoms in total. The number of nitrogens with zero attached hydrogens (tertiary/aromatic N) is 1. The van der Waals surface area contributed by atoms with Crippen molar-refractivity contribution in [3.05, 3.63) is 46.1 Å². The van der Waals surface area contributed by atoms with Gasteiger partial charge in [0.15, 0.2) is 0 Å². The lowest BCUT2D eigenvalue weighted by Gasteiger charge is -2.03. The van der Waals surface area contributed by atoms with E-state index in [9.17, 15) is 4.79 Å². The number of thiophene rings is 1. The van der Waals surface area contributed by atoms with E-state index in [4.69, 9.17) is 5.73 Å². The van der Waals surface area contributed by atoms with Crippen LogP contribution < -0.4 is 16.6 Å². The summed E-state index contributed by atoms with van der Waals surface area (Å²) < 4.78 is 0. The van der Waals surface area contributed by atoms with E-state index in [-0.39, 0.29) is 5.56 Å². The zero-order valence-corrected chi connectivity index (χ0v) is 11.5. The highest BCUT2D eigenvalue weighted by Gasteiger charge is 2.12. The Kier molecular flexibility index (Phi) is 3.49. The highest BCUT2D eigenvalue weighted by Crippen LogP contribution is 2.30. The second-order valence-corrected chi connectivity index (χ2v) is 5.18. The average Bonchev–Trinajstić information content (AvgIpc) is 2.90. The largest absolute Gasteiger partial charge is 0.354 e. The van der Waals surface area contributed by atoms with Crippen LogP contribution in [-0.2, 0) is 0 Å². The van der Waals surface area contributed by atoms with Gasteiger partial charge in [-0.2, -0.15) is 0 Å². The van der Waals surface area contributed by atoms with Crippen molar-refractivity contribution in [2.24, 2.45) is 5.73 Å². The van der Waals surface area contributed by atoms with Crippen LogP contribution >= 0.6 is 11.3 Å². The molecule has 20 heavy (non-hydrogen) atoms. The second kappa shape index (κ2) is 5.44. The molecule has 2 aromatic heterocycles. The van der Waals surface area contributed by atoms with E-state index in [1.165, 1.54) is 11.3 Å². The number of hydrogen-bond donors (Lipinski definition) is 3. The van der Waals surface area contributed by atoms with Gasteiger partial charge in [0, 0.05) is 24.0 Å². The Labute approximate surface area is 119 Å². The molecule has 0 aliphatic carbocycles. The van der Waals surface area contributed by atoms with Crippen molar-refractivity contribution in [1.82, 2.24) is 9.97 Å². The molecule has 4 N–H and O–H groups in total. The molecule has 102 valence electrons. The number of nitrogens with one attached hydrogen (secondary N) is 2. The molecule has 3 rings (SSSR count). The lowest BCUT2D eigenvalue weighted by Crippen LogP contribution is -2.18. The molecule has 0 saturated heterocycles. The minimum atomic E-state index is -0.130. The summed E-state index contributed by atoms with van der Waals surface area (Å²) in [5.41, 5.74) is 7.24. The van der Waals surface area contributed by atoms with Crippen LogP contribution in [0.5, 0.6) is 0 Å². The maximum absolute atomic E-state index is 12.3. The summed E-state index contributed by atoms with van der Waals surface area (Å²) in [7, 11) is 0. The second-order valence-electron chi connectivity index (χ2n) is 4.33. The molecule has 0 aliphatic heterocycles. The number of rotatable bonds is 4. The normalized spacial score (nSPS) is 10.8. The van der Waals surface area contributed by atoms with Gasteiger partial charge in [-0.1, -0.05) is 30.3 Å². The Bertz CT molecular complexity index is 779. The first-order valence-corrected chi connectivity index (χ1v) is 7.18. The van der Waals surface area contributed by atoms with Crippen molar-refractivity contribution in [1.29, 1.82) is 0 Å². The molecule has 0 bridgehead atoms. The number of H-pyrrole nitrogens is 1. The third kappa shape index (κ3) is 2.31. The van der Waals surface area contributed by atoms with Gasteiger partial charge in [-0.15, -0.1) is 11.3 Å². The van der Waals surface area contributed by atoms with Crippen LogP contribution in [-0.4, -0.2) is 23.1 Å². The van der Waals surface area contributed by atoms with Crippen LogP contribution in [0.4, 0.5) is 5.95 Å². The van der Waals surface area contributed by atoms with E-state index >= 15 is 0 Å². The van der Waals surface area contributed by atoms with E-state index in [0.717, 1.165) is 16.0 Å². The van der Waals surface area contributed by atoms with Gasteiger partial charge in [-0.25, -0.2) is 4.98 Å². The van der Waals surface area contributed by atoms with Crippen molar-refractivity contribution in [2.45, 2.75) is 0 Å². The lowest BCUT2D eigenvalue weighted by atomic mass is 10.1. The SMILES string of the molecule is NCCNc1nc2scc(-c3ccccc3)c2c(=O)[nH]1. The predicted octanol–water partition coefficient (Wildman–Crippen LogP) is 2.02. The standard InChI is InChI=1S/C14H14N4OS/c15-6-7-16-14-17-12(19)11-10(8-20-13(11)18-14)9-4-2-1-3-5-9/h1-5,8H,6-7,15H2,(H2,16,17,18,19). The van der Waals surface area contributed by atoms with Crippen molar-refractivity contribution in [2.75, 3.05) is 18.4 Å². The van der Waals surface area contributed by atoms with Gasteiger partial charge in [0.25, 0.3) is 5.56 Å². The minimum Gasteiger partial charge on any atom is -0.354 e. The molecule has 0 amide bonds. The summed E-state index contributed by atoms with van der Waals surface area (Å²) in [4.78, 5) is 20.2. The number of anilines is 1. The summed E-state index contributed by atoms with van der Waals surface area (Å²) >= 11 is 1.47. The van der Waals surface area contributed by atoms with Crippen molar-refractivity contribution < 1.29 is 0 Å². The zero-order chi connectivity index (χ0) is 13.9. The lowest BCUT2D eigenvalue weighted by molar-refractivity contribution is 0.992. The fraction of sp³-hybridized carbons (Fsp3) is 0.143. The first-order chi connectivity index (χ1) is 9.79. The number of benzene rings is 1. The van der Waals surface area contributed by atoms with Gasteiger partial charge >= 0.3 is 0 Å². The van der Waals surface area contributed by atoms with Crippen LogP contribution in [0.25, 0.3) is 21.3 Å². The van der Waals surface area contributed by atoms with E-state index in [0.29, 0.717) is 24.4 Å². The highest BCUT2D eigenvalue weighted by molar-refractivity contribution is 7.17. The summed E-state index contributed by atoms with van der Waals surface area (Å²) in [6.45, 7) is 1.06. The minimum absolute atomic E-state index is 0.130. The average molecular weight is 286 g/mol. The van der Waals surface area contributed by atoms with E-state index in [1.54, 1.807) is 0 Å². The fourth-order valence-electron chi connectivity index (χ4n) is 2.05. The molecule has 1 aromatic carbocycles. The first-order valence-electron chi connectivity index (χ1n) is 6.30. The molecule has 0 fully saturated rings. The summed E-state index contributed by atoms with van der Waals surface area (Å²) in [6.07, 6.45) is 0. The van der Waals surface area contributed by atoms with Gasteiger partial charge in [0.1, 0.15) is 4.83 Å². The molecule has 0 unspecified atom stereocenters. The smallest absolute Gasteiger partial charge is 0.261 e. The first kappa shape index (κ1) is 12.8. The van der Waals surface area contributed by atoms with Gasteiger partial charge in [-0.05, 0) is 5.56 Å². The molecule has 6 heteroatoms. The summed E-state index contributed by atoms with van der Waals surface area (Å²) in [6, 6.07) is 9.84. The van der Waals surface area contributed by atoms with Crippen molar-refractivity contribution in [3.63, 3.8) is 0 Å². The molecule has 0 saturated carbocycles. The van der Waals surface area contributed by atoms with E-state index in [1.807, 2.05) is 35.7 Å². The topological polar surface area (TPSA) is 83.8 Å². The van der Waals surface area contributed by atoms with Crippen LogP contribution in [0.15, 0.2) is 40.5 Å². The maximum Gasteiger partial charge on any atom is 0.261 e. The van der Waals surface area contributed by atoms with E-state index < -0.39 is 0 Å². The Hall–Kier alpha value is -2.18. The van der Waals surface area contributed by atoms with Gasteiger partial charge < -0.3 is 11.1 Å². The number of fused-ring (bicyclic) bond motifs is 1. The number of aromatic nitrogens is 2. The molecule has 0 radical (unpaired) electrons. The summed E-state index contributed by atoms with van der Waals surface area (Å²) in [5, 5.41) is 5.60. The quantitative estimate of drug-likeness (QED) is 0.685. The molecular weight excluding hydrogens is 272 g/mol. The maximum atomic E-state index is 12.3. The van der Waals surface area contributed by atoms with Crippen LogP contribution in [0, 0.1) is 0 Å². The van der Waals surface area contributed by atoms with Crippen molar-refractivity contribution in [3.8, 4) is 11.1 Å². The predicted molar refractivity (Wildman–Crippen MR) is 83.2 cm³/mol. The fourth-order valence-corrected chi connectivity index (χ4v) is 3.00. The van der Waals surface area contributed by atoms with Gasteiger partial charge in [0.05, 0.1) is 5.39 Å². The third-order valence-electron chi connectivity index (χ3n) is 2.97. The Morgan fingerprint density at radius 2 is 2.10 bits per heavy atom. The Morgan fingerprint density at radius 3 is 2.85 bits per heavy atom. The van der Waals surface area contributed by atoms with Crippen molar-refractivity contribution >= 4 is 27.5 Å². The van der Waals surface area contributed by atoms with Gasteiger partial charge in [0.2, 0.25) is 5.95 Å². The molecule has 0 aliphatic rings. The van der Waals surface area contributed by atoms with Crippen LogP contribution in [0.2, 0.25) is 0 Å². The molecule has 2 heterocycles. The Balaban J connectivity index is 2.12. The summed E-state index contributed by atoms with van der Waals surface area (Å²) in [5.74, 6) is 0.467. The zero-order valence-electron chi connectivity index (χ0n) is 10.7. The van der Waals surface area contributed by atoms with Crippen LogP contribution in [0.1, 0.15) is 0 Å². The third-order valence-corrected chi connectivity index (χ3v) is 3.84. The number of hydrogen-bond acceptors (Lipinski definition) is 5. The molecular formula is C14H14N4OS. The number of aromatic amines is 1. The highest BCUT2D eigenvalue weighted by atomic mass is 32.1. The Morgan fingerprint density at radius 1 is 1.30 bits per heavy atom. The monoisotopic (exact) mass is 286 g/mol. The van der Waals surface area contributed by atoms with E-state index in [2.05, 4.69) is 15.3 Å².